The maximum atomic E-state index is 4.36. The third-order valence-electron chi connectivity index (χ3n) is 5.89. The average Bonchev–Trinajstić information content (AvgIpc) is 3.26. The quantitative estimate of drug-likeness (QED) is 0.926. The van der Waals surface area contributed by atoms with Crippen LogP contribution in [-0.4, -0.2) is 39.4 Å². The summed E-state index contributed by atoms with van der Waals surface area (Å²) in [5.41, 5.74) is 1.79. The molecule has 2 aliphatic carbocycles. The van der Waals surface area contributed by atoms with E-state index >= 15 is 0 Å². The van der Waals surface area contributed by atoms with Gasteiger partial charge in [-0.25, -0.2) is 0 Å². The van der Waals surface area contributed by atoms with Gasteiger partial charge in [0.05, 0.1) is 6.20 Å². The highest BCUT2D eigenvalue weighted by Crippen LogP contribution is 2.40. The van der Waals surface area contributed by atoms with Crippen LogP contribution in [-0.2, 0) is 13.6 Å². The van der Waals surface area contributed by atoms with Crippen molar-refractivity contribution >= 4 is 0 Å². The van der Waals surface area contributed by atoms with Gasteiger partial charge in [0.15, 0.2) is 0 Å². The Morgan fingerprint density at radius 3 is 2.76 bits per heavy atom. The summed E-state index contributed by atoms with van der Waals surface area (Å²) in [4.78, 5) is 2.81. The highest BCUT2D eigenvalue weighted by Gasteiger charge is 2.45. The van der Waals surface area contributed by atoms with Gasteiger partial charge < -0.3 is 5.32 Å². The van der Waals surface area contributed by atoms with E-state index in [2.05, 4.69) is 21.5 Å². The van der Waals surface area contributed by atoms with Gasteiger partial charge >= 0.3 is 0 Å². The molecule has 1 N–H and O–H groups in total. The molecule has 0 radical (unpaired) electrons. The number of nitrogens with one attached hydrogen (secondary N) is 1. The van der Waals surface area contributed by atoms with Gasteiger partial charge in [0, 0.05) is 50.0 Å². The fraction of sp³-hybridized carbons (Fsp3) is 0.824. The van der Waals surface area contributed by atoms with Gasteiger partial charge in [-0.2, -0.15) is 5.10 Å². The Morgan fingerprint density at radius 2 is 2.10 bits per heavy atom. The largest absolute Gasteiger partial charge is 0.311 e. The SMILES string of the molecule is Cn1cc(CN2CC(C3CC3)NCC23CCCCC3)cn1. The summed E-state index contributed by atoms with van der Waals surface area (Å²) in [5, 5.41) is 8.26. The lowest BCUT2D eigenvalue weighted by Gasteiger charge is -2.52. The predicted molar refractivity (Wildman–Crippen MR) is 83.9 cm³/mol. The topological polar surface area (TPSA) is 33.1 Å². The molecule has 1 unspecified atom stereocenters. The molecule has 2 saturated carbocycles. The fourth-order valence-corrected chi connectivity index (χ4v) is 4.45. The van der Waals surface area contributed by atoms with Crippen molar-refractivity contribution in [3.05, 3.63) is 18.0 Å². The zero-order valence-corrected chi connectivity index (χ0v) is 13.2. The standard InChI is InChI=1S/C17H28N4/c1-20-10-14(9-19-20)11-21-12-16(15-5-6-15)18-13-17(21)7-3-2-4-8-17/h9-10,15-16,18H,2-8,11-13H2,1H3. The van der Waals surface area contributed by atoms with Crippen LogP contribution in [0.2, 0.25) is 0 Å². The molecule has 1 aromatic heterocycles. The van der Waals surface area contributed by atoms with E-state index in [4.69, 9.17) is 0 Å². The first-order valence-corrected chi connectivity index (χ1v) is 8.71. The summed E-state index contributed by atoms with van der Waals surface area (Å²) < 4.78 is 1.93. The number of rotatable bonds is 3. The molecule has 1 aliphatic heterocycles. The molecule has 1 saturated heterocycles. The molecule has 21 heavy (non-hydrogen) atoms. The van der Waals surface area contributed by atoms with E-state index in [1.807, 2.05) is 17.9 Å². The van der Waals surface area contributed by atoms with E-state index in [0.717, 1.165) is 18.5 Å². The molecule has 4 rings (SSSR count). The number of aromatic nitrogens is 2. The number of hydrogen-bond donors (Lipinski definition) is 1. The third kappa shape index (κ3) is 2.76. The summed E-state index contributed by atoms with van der Waals surface area (Å²) in [5.74, 6) is 0.947. The van der Waals surface area contributed by atoms with Crippen LogP contribution in [0, 0.1) is 5.92 Å². The second-order valence-corrected chi connectivity index (χ2v) is 7.51. The van der Waals surface area contributed by atoms with Crippen molar-refractivity contribution in [3.8, 4) is 0 Å². The van der Waals surface area contributed by atoms with Crippen molar-refractivity contribution in [3.63, 3.8) is 0 Å². The minimum atomic E-state index is 0.416. The van der Waals surface area contributed by atoms with Crippen LogP contribution in [0.5, 0.6) is 0 Å². The van der Waals surface area contributed by atoms with Crippen LogP contribution in [0.25, 0.3) is 0 Å². The van der Waals surface area contributed by atoms with Gasteiger partial charge in [-0.1, -0.05) is 19.3 Å². The Hall–Kier alpha value is -0.870. The second-order valence-electron chi connectivity index (χ2n) is 7.51. The van der Waals surface area contributed by atoms with Gasteiger partial charge in [0.2, 0.25) is 0 Å². The number of aryl methyl sites for hydroxylation is 1. The third-order valence-corrected chi connectivity index (χ3v) is 5.89. The molecular weight excluding hydrogens is 260 g/mol. The van der Waals surface area contributed by atoms with Crippen LogP contribution in [0.15, 0.2) is 12.4 Å². The highest BCUT2D eigenvalue weighted by atomic mass is 15.3. The molecule has 4 nitrogen and oxygen atoms in total. The lowest BCUT2D eigenvalue weighted by Crippen LogP contribution is -2.65. The molecular formula is C17H28N4. The second kappa shape index (κ2) is 5.40. The number of hydrogen-bond acceptors (Lipinski definition) is 3. The van der Waals surface area contributed by atoms with Crippen molar-refractivity contribution in [1.82, 2.24) is 20.0 Å². The summed E-state index contributed by atoms with van der Waals surface area (Å²) in [6, 6.07) is 0.731. The Kier molecular flexibility index (Phi) is 3.54. The number of piperazine rings is 1. The van der Waals surface area contributed by atoms with Gasteiger partial charge in [-0.05, 0) is 31.6 Å². The Labute approximate surface area is 127 Å². The molecule has 0 bridgehead atoms. The minimum Gasteiger partial charge on any atom is -0.311 e. The van der Waals surface area contributed by atoms with Gasteiger partial charge in [0.25, 0.3) is 0 Å². The van der Waals surface area contributed by atoms with Crippen molar-refractivity contribution in [2.75, 3.05) is 13.1 Å². The molecule has 3 fully saturated rings. The average molecular weight is 288 g/mol. The smallest absolute Gasteiger partial charge is 0.0534 e. The maximum absolute atomic E-state index is 4.36. The molecule has 1 aromatic rings. The Bertz CT molecular complexity index is 485. The van der Waals surface area contributed by atoms with Crippen molar-refractivity contribution in [2.24, 2.45) is 13.0 Å². The lowest BCUT2D eigenvalue weighted by molar-refractivity contribution is -0.000292. The van der Waals surface area contributed by atoms with Gasteiger partial charge in [-0.15, -0.1) is 0 Å². The summed E-state index contributed by atoms with van der Waals surface area (Å²) in [7, 11) is 2.02. The molecule has 4 heteroatoms. The van der Waals surface area contributed by atoms with E-state index in [1.54, 1.807) is 0 Å². The van der Waals surface area contributed by atoms with Gasteiger partial charge in [0.1, 0.15) is 0 Å². The molecule has 1 atom stereocenters. The molecule has 116 valence electrons. The maximum Gasteiger partial charge on any atom is 0.0534 e. The van der Waals surface area contributed by atoms with Crippen molar-refractivity contribution in [1.29, 1.82) is 0 Å². The van der Waals surface area contributed by atoms with E-state index < -0.39 is 0 Å². The normalized spacial score (nSPS) is 29.9. The van der Waals surface area contributed by atoms with Crippen molar-refractivity contribution < 1.29 is 0 Å². The van der Waals surface area contributed by atoms with Crippen LogP contribution in [0.1, 0.15) is 50.5 Å². The van der Waals surface area contributed by atoms with E-state index in [-0.39, 0.29) is 0 Å². The monoisotopic (exact) mass is 288 g/mol. The molecule has 0 aromatic carbocycles. The summed E-state index contributed by atoms with van der Waals surface area (Å²) in [6.45, 7) is 3.52. The predicted octanol–water partition coefficient (Wildman–Crippen LogP) is 2.31. The Balaban J connectivity index is 1.53. The van der Waals surface area contributed by atoms with Crippen molar-refractivity contribution in [2.45, 2.75) is 63.1 Å². The van der Waals surface area contributed by atoms with Crippen LogP contribution < -0.4 is 5.32 Å². The van der Waals surface area contributed by atoms with Gasteiger partial charge in [-0.3, -0.25) is 9.58 Å². The molecule has 2 heterocycles. The zero-order chi connectivity index (χ0) is 14.3. The first-order chi connectivity index (χ1) is 10.3. The fourth-order valence-electron chi connectivity index (χ4n) is 4.45. The lowest BCUT2D eigenvalue weighted by atomic mass is 9.78. The van der Waals surface area contributed by atoms with Crippen LogP contribution in [0.3, 0.4) is 0 Å². The minimum absolute atomic E-state index is 0.416. The molecule has 0 amide bonds. The first-order valence-electron chi connectivity index (χ1n) is 8.71. The molecule has 3 aliphatic rings. The van der Waals surface area contributed by atoms with E-state index in [9.17, 15) is 0 Å². The first kappa shape index (κ1) is 13.8. The summed E-state index contributed by atoms with van der Waals surface area (Å²) in [6.07, 6.45) is 14.1. The van der Waals surface area contributed by atoms with Crippen LogP contribution >= 0.6 is 0 Å². The number of nitrogens with zero attached hydrogens (tertiary/aromatic N) is 3. The zero-order valence-electron chi connectivity index (χ0n) is 13.2. The highest BCUT2D eigenvalue weighted by molar-refractivity contribution is 5.09. The summed E-state index contributed by atoms with van der Waals surface area (Å²) >= 11 is 0. The van der Waals surface area contributed by atoms with Crippen LogP contribution in [0.4, 0.5) is 0 Å². The molecule has 1 spiro atoms. The van der Waals surface area contributed by atoms with E-state index in [1.165, 1.54) is 63.6 Å². The van der Waals surface area contributed by atoms with E-state index in [0.29, 0.717) is 5.54 Å². The Morgan fingerprint density at radius 1 is 1.29 bits per heavy atom.